The first kappa shape index (κ1) is 6.21. The maximum absolute atomic E-state index is 9.55. The minimum Gasteiger partial charge on any atom is -0.391 e. The minimum absolute atomic E-state index is 0.739. The second-order valence-corrected chi connectivity index (χ2v) is 1.05. The van der Waals surface area contributed by atoms with Crippen LogP contribution in [0, 0.1) is 0 Å². The quantitative estimate of drug-likeness (QED) is 0.407. The van der Waals surface area contributed by atoms with Crippen molar-refractivity contribution < 1.29 is 4.79 Å². The molecule has 0 aliphatic carbocycles. The van der Waals surface area contributed by atoms with E-state index in [1.165, 1.54) is 6.08 Å². The molecule has 0 aliphatic heterocycles. The molecule has 2 nitrogen and oxygen atoms in total. The molecule has 0 fully saturated rings. The Kier molecular flexibility index (Phi) is 4.62. The normalized spacial score (nSPS) is 9.29. The van der Waals surface area contributed by atoms with Crippen LogP contribution in [-0.2, 0) is 4.79 Å². The molecule has 0 heterocycles. The Hall–Kier alpha value is -0.790. The summed E-state index contributed by atoms with van der Waals surface area (Å²) < 4.78 is 0. The second kappa shape index (κ2) is 5.21. The third-order valence-electron chi connectivity index (χ3n) is 0.497. The van der Waals surface area contributed by atoms with E-state index in [-0.39, 0.29) is 0 Å². The molecule has 2 heteroatoms. The molecular weight excluding hydrogens is 90.1 g/mol. The van der Waals surface area contributed by atoms with Crippen LogP contribution in [0.5, 0.6) is 0 Å². The molecule has 40 valence electrons. The summed E-state index contributed by atoms with van der Waals surface area (Å²) in [6.45, 7) is 2.83. The average molecular weight is 99.1 g/mol. The second-order valence-electron chi connectivity index (χ2n) is 1.05. The lowest BCUT2D eigenvalue weighted by Gasteiger charge is -1.85. The summed E-state index contributed by atoms with van der Waals surface area (Å²) >= 11 is 0. The van der Waals surface area contributed by atoms with Crippen LogP contribution < -0.4 is 5.32 Å². The van der Waals surface area contributed by atoms with E-state index in [9.17, 15) is 4.79 Å². The van der Waals surface area contributed by atoms with Crippen molar-refractivity contribution in [2.24, 2.45) is 0 Å². The van der Waals surface area contributed by atoms with Crippen LogP contribution in [0.4, 0.5) is 0 Å². The molecule has 0 unspecified atom stereocenters. The Balaban J connectivity index is 2.92. The summed E-state index contributed by atoms with van der Waals surface area (Å²) in [6.07, 6.45) is 3.78. The molecule has 0 saturated heterocycles. The van der Waals surface area contributed by atoms with Crippen molar-refractivity contribution >= 4 is 6.29 Å². The third-order valence-corrected chi connectivity index (χ3v) is 0.497. The van der Waals surface area contributed by atoms with Gasteiger partial charge in [-0.3, -0.25) is 4.79 Å². The lowest BCUT2D eigenvalue weighted by Crippen LogP contribution is -2.01. The molecule has 0 aromatic heterocycles. The van der Waals surface area contributed by atoms with Crippen LogP contribution in [-0.4, -0.2) is 12.8 Å². The first-order valence-corrected chi connectivity index (χ1v) is 2.25. The van der Waals surface area contributed by atoms with Gasteiger partial charge in [0, 0.05) is 6.54 Å². The van der Waals surface area contributed by atoms with Crippen molar-refractivity contribution in [3.63, 3.8) is 0 Å². The fourth-order valence-corrected chi connectivity index (χ4v) is 0.225. The summed E-state index contributed by atoms with van der Waals surface area (Å²) in [5.41, 5.74) is 0. The summed E-state index contributed by atoms with van der Waals surface area (Å²) in [7, 11) is 0. The summed E-state index contributed by atoms with van der Waals surface area (Å²) in [5, 5.41) is 2.84. The highest BCUT2D eigenvalue weighted by Crippen LogP contribution is 1.57. The Labute approximate surface area is 43.2 Å². The van der Waals surface area contributed by atoms with Gasteiger partial charge >= 0.3 is 0 Å². The first-order valence-electron chi connectivity index (χ1n) is 2.25. The maximum atomic E-state index is 9.55. The van der Waals surface area contributed by atoms with Crippen LogP contribution in [0.15, 0.2) is 12.3 Å². The summed E-state index contributed by atoms with van der Waals surface area (Å²) in [4.78, 5) is 9.55. The highest BCUT2D eigenvalue weighted by molar-refractivity contribution is 5.64. The minimum atomic E-state index is 0.739. The van der Waals surface area contributed by atoms with Crippen molar-refractivity contribution in [1.29, 1.82) is 0 Å². The summed E-state index contributed by atoms with van der Waals surface area (Å²) in [5.74, 6) is 0. The van der Waals surface area contributed by atoms with Gasteiger partial charge in [0.2, 0.25) is 0 Å². The Morgan fingerprint density at radius 3 is 2.86 bits per heavy atom. The van der Waals surface area contributed by atoms with Gasteiger partial charge in [0.15, 0.2) is 0 Å². The van der Waals surface area contributed by atoms with Gasteiger partial charge in [0.1, 0.15) is 6.29 Å². The van der Waals surface area contributed by atoms with E-state index in [0.29, 0.717) is 0 Å². The molecule has 0 aromatic carbocycles. The summed E-state index contributed by atoms with van der Waals surface area (Å²) in [6, 6.07) is 0. The van der Waals surface area contributed by atoms with Crippen molar-refractivity contribution in [3.05, 3.63) is 12.3 Å². The average Bonchev–Trinajstić information content (AvgIpc) is 1.69. The molecule has 0 bridgehead atoms. The van der Waals surface area contributed by atoms with Crippen molar-refractivity contribution in [3.8, 4) is 0 Å². The molecular formula is C5H9NO. The third kappa shape index (κ3) is 5.21. The van der Waals surface area contributed by atoms with E-state index in [0.717, 1.165) is 12.8 Å². The zero-order valence-corrected chi connectivity index (χ0v) is 4.35. The fourth-order valence-electron chi connectivity index (χ4n) is 0.225. The van der Waals surface area contributed by atoms with E-state index in [2.05, 4.69) is 5.32 Å². The lowest BCUT2D eigenvalue weighted by molar-refractivity contribution is -0.104. The van der Waals surface area contributed by atoms with Crippen LogP contribution in [0.1, 0.15) is 6.92 Å². The van der Waals surface area contributed by atoms with Gasteiger partial charge in [-0.2, -0.15) is 0 Å². The Morgan fingerprint density at radius 1 is 1.71 bits per heavy atom. The first-order chi connectivity index (χ1) is 3.41. The lowest BCUT2D eigenvalue weighted by atomic mass is 10.6. The van der Waals surface area contributed by atoms with Crippen LogP contribution in [0.3, 0.4) is 0 Å². The highest BCUT2D eigenvalue weighted by atomic mass is 16.1. The zero-order chi connectivity index (χ0) is 5.54. The van der Waals surface area contributed by atoms with Crippen molar-refractivity contribution in [2.75, 3.05) is 6.54 Å². The van der Waals surface area contributed by atoms with E-state index in [4.69, 9.17) is 0 Å². The molecule has 1 N–H and O–H groups in total. The van der Waals surface area contributed by atoms with Crippen LogP contribution in [0.25, 0.3) is 0 Å². The van der Waals surface area contributed by atoms with Gasteiger partial charge in [-0.1, -0.05) is 0 Å². The molecule has 0 amide bonds. The molecule has 0 spiro atoms. The molecule has 0 rings (SSSR count). The molecule has 0 saturated carbocycles. The highest BCUT2D eigenvalue weighted by Gasteiger charge is 1.62. The maximum Gasteiger partial charge on any atom is 0.144 e. The predicted octanol–water partition coefficient (Wildman–Crippen LogP) is 0.309. The molecule has 0 aliphatic rings. The van der Waals surface area contributed by atoms with E-state index in [1.807, 2.05) is 6.92 Å². The van der Waals surface area contributed by atoms with Gasteiger partial charge in [-0.25, -0.2) is 0 Å². The number of aldehydes is 1. The van der Waals surface area contributed by atoms with E-state index < -0.39 is 0 Å². The Bertz CT molecular complexity index is 68.5. The molecule has 7 heavy (non-hydrogen) atoms. The number of nitrogens with one attached hydrogen (secondary N) is 1. The van der Waals surface area contributed by atoms with Gasteiger partial charge in [0.05, 0.1) is 0 Å². The zero-order valence-electron chi connectivity index (χ0n) is 4.35. The molecule has 0 atom stereocenters. The van der Waals surface area contributed by atoms with Crippen LogP contribution in [0.2, 0.25) is 0 Å². The van der Waals surface area contributed by atoms with Gasteiger partial charge in [-0.05, 0) is 19.2 Å². The number of carbonyl (C=O) groups is 1. The topological polar surface area (TPSA) is 29.1 Å². The van der Waals surface area contributed by atoms with E-state index in [1.54, 1.807) is 6.20 Å². The number of hydrogen-bond donors (Lipinski definition) is 1. The van der Waals surface area contributed by atoms with Gasteiger partial charge < -0.3 is 5.32 Å². The smallest absolute Gasteiger partial charge is 0.144 e. The number of rotatable bonds is 3. The van der Waals surface area contributed by atoms with Crippen molar-refractivity contribution in [2.45, 2.75) is 6.92 Å². The number of allylic oxidation sites excluding steroid dienone is 1. The largest absolute Gasteiger partial charge is 0.391 e. The number of carbonyl (C=O) groups excluding carboxylic acids is 1. The standard InChI is InChI=1S/C5H9NO/c1-2-6-4-3-5-7/h3-6H,2H2,1H3. The van der Waals surface area contributed by atoms with Gasteiger partial charge in [0.25, 0.3) is 0 Å². The molecule has 0 radical (unpaired) electrons. The van der Waals surface area contributed by atoms with Gasteiger partial charge in [-0.15, -0.1) is 0 Å². The van der Waals surface area contributed by atoms with Crippen LogP contribution >= 0.6 is 0 Å². The van der Waals surface area contributed by atoms with Crippen molar-refractivity contribution in [1.82, 2.24) is 5.32 Å². The van der Waals surface area contributed by atoms with E-state index >= 15 is 0 Å². The monoisotopic (exact) mass is 99.1 g/mol. The SMILES string of the molecule is CCNC=CC=O. The predicted molar refractivity (Wildman–Crippen MR) is 28.9 cm³/mol. The Morgan fingerprint density at radius 2 is 2.43 bits per heavy atom. The number of hydrogen-bond acceptors (Lipinski definition) is 2. The fraction of sp³-hybridized carbons (Fsp3) is 0.400. The molecule has 0 aromatic rings.